The fourth-order valence-corrected chi connectivity index (χ4v) is 5.58. The van der Waals surface area contributed by atoms with E-state index in [4.69, 9.17) is 11.6 Å². The second-order valence-corrected chi connectivity index (χ2v) is 10.8. The van der Waals surface area contributed by atoms with Crippen LogP contribution in [0.2, 0.25) is 5.02 Å². The minimum Gasteiger partial charge on any atom is -0.345 e. The average Bonchev–Trinajstić information content (AvgIpc) is 3.48. The van der Waals surface area contributed by atoms with E-state index in [0.717, 1.165) is 15.8 Å². The first kappa shape index (κ1) is 25.2. The van der Waals surface area contributed by atoms with Gasteiger partial charge >= 0.3 is 0 Å². The van der Waals surface area contributed by atoms with Gasteiger partial charge in [-0.2, -0.15) is 0 Å². The van der Waals surface area contributed by atoms with Crippen molar-refractivity contribution in [2.24, 2.45) is 0 Å². The highest BCUT2D eigenvalue weighted by atomic mass is 35.5. The number of aromatic nitrogens is 5. The SMILES string of the molecule is CCSc1nnc(NC(=O)CSc2nnc(CNC(=O)c3ccccc3)n2-c2cccc(Cl)c2)s1. The number of hydrogen-bond donors (Lipinski definition) is 2. The van der Waals surface area contributed by atoms with Gasteiger partial charge < -0.3 is 5.32 Å². The Labute approximate surface area is 219 Å². The molecule has 0 aliphatic rings. The molecule has 35 heavy (non-hydrogen) atoms. The number of thioether (sulfide) groups is 2. The van der Waals surface area contributed by atoms with E-state index in [2.05, 4.69) is 31.0 Å². The summed E-state index contributed by atoms with van der Waals surface area (Å²) in [6.07, 6.45) is 0. The molecule has 0 saturated heterocycles. The van der Waals surface area contributed by atoms with Gasteiger partial charge in [-0.3, -0.25) is 19.5 Å². The van der Waals surface area contributed by atoms with Gasteiger partial charge in [0.15, 0.2) is 15.3 Å². The zero-order valence-corrected chi connectivity index (χ0v) is 21.7. The van der Waals surface area contributed by atoms with Crippen molar-refractivity contribution in [1.29, 1.82) is 0 Å². The fraction of sp³-hybridized carbons (Fsp3) is 0.182. The van der Waals surface area contributed by atoms with Crippen molar-refractivity contribution in [2.45, 2.75) is 23.0 Å². The molecule has 2 aromatic heterocycles. The molecule has 0 unspecified atom stereocenters. The second-order valence-electron chi connectivity index (χ2n) is 6.91. The lowest BCUT2D eigenvalue weighted by molar-refractivity contribution is -0.113. The third-order valence-corrected chi connectivity index (χ3v) is 7.48. The minimum atomic E-state index is -0.237. The van der Waals surface area contributed by atoms with Crippen molar-refractivity contribution in [3.8, 4) is 5.69 Å². The highest BCUT2D eigenvalue weighted by molar-refractivity contribution is 8.01. The molecule has 2 amide bonds. The number of rotatable bonds is 10. The molecule has 0 radical (unpaired) electrons. The van der Waals surface area contributed by atoms with E-state index >= 15 is 0 Å². The molecule has 2 heterocycles. The molecule has 180 valence electrons. The van der Waals surface area contributed by atoms with Gasteiger partial charge in [0, 0.05) is 10.6 Å². The van der Waals surface area contributed by atoms with Crippen molar-refractivity contribution in [1.82, 2.24) is 30.3 Å². The number of nitrogens with zero attached hydrogens (tertiary/aromatic N) is 5. The van der Waals surface area contributed by atoms with Crippen molar-refractivity contribution in [2.75, 3.05) is 16.8 Å². The molecule has 4 aromatic rings. The maximum Gasteiger partial charge on any atom is 0.251 e. The second kappa shape index (κ2) is 12.2. The van der Waals surface area contributed by atoms with Gasteiger partial charge in [0.1, 0.15) is 0 Å². The van der Waals surface area contributed by atoms with Gasteiger partial charge in [0.25, 0.3) is 5.91 Å². The molecule has 0 bridgehead atoms. The van der Waals surface area contributed by atoms with E-state index < -0.39 is 0 Å². The Morgan fingerprint density at radius 2 is 1.86 bits per heavy atom. The molecule has 13 heteroatoms. The first-order chi connectivity index (χ1) is 17.0. The van der Waals surface area contributed by atoms with Gasteiger partial charge in [0.2, 0.25) is 11.0 Å². The van der Waals surface area contributed by atoms with Crippen molar-refractivity contribution in [3.05, 3.63) is 71.0 Å². The number of carbonyl (C=O) groups is 2. The predicted molar refractivity (Wildman–Crippen MR) is 140 cm³/mol. The Hall–Kier alpha value is -2.93. The highest BCUT2D eigenvalue weighted by Gasteiger charge is 2.18. The van der Waals surface area contributed by atoms with E-state index in [1.807, 2.05) is 25.1 Å². The lowest BCUT2D eigenvalue weighted by Gasteiger charge is -2.11. The summed E-state index contributed by atoms with van der Waals surface area (Å²) in [6.45, 7) is 2.17. The quantitative estimate of drug-likeness (QED) is 0.220. The lowest BCUT2D eigenvalue weighted by Crippen LogP contribution is -2.24. The van der Waals surface area contributed by atoms with Crippen LogP contribution in [0, 0.1) is 0 Å². The molecular weight excluding hydrogens is 526 g/mol. The molecule has 0 aliphatic heterocycles. The van der Waals surface area contributed by atoms with Crippen LogP contribution in [0.1, 0.15) is 23.1 Å². The molecule has 0 aliphatic carbocycles. The summed E-state index contributed by atoms with van der Waals surface area (Å²) in [6, 6.07) is 16.1. The number of nitrogens with one attached hydrogen (secondary N) is 2. The number of amides is 2. The topological polar surface area (TPSA) is 115 Å². The first-order valence-electron chi connectivity index (χ1n) is 10.5. The molecule has 2 N–H and O–H groups in total. The van der Waals surface area contributed by atoms with Gasteiger partial charge in [-0.25, -0.2) is 0 Å². The summed E-state index contributed by atoms with van der Waals surface area (Å²) in [5.41, 5.74) is 1.27. The molecule has 0 saturated carbocycles. The lowest BCUT2D eigenvalue weighted by atomic mass is 10.2. The highest BCUT2D eigenvalue weighted by Crippen LogP contribution is 2.27. The Morgan fingerprint density at radius 3 is 2.63 bits per heavy atom. The summed E-state index contributed by atoms with van der Waals surface area (Å²) in [7, 11) is 0. The van der Waals surface area contributed by atoms with Crippen LogP contribution in [0.5, 0.6) is 0 Å². The molecule has 0 atom stereocenters. The van der Waals surface area contributed by atoms with Crippen LogP contribution in [0.4, 0.5) is 5.13 Å². The number of anilines is 1. The number of benzene rings is 2. The van der Waals surface area contributed by atoms with Gasteiger partial charge in [-0.15, -0.1) is 20.4 Å². The van der Waals surface area contributed by atoms with Crippen molar-refractivity contribution >= 4 is 63.4 Å². The van der Waals surface area contributed by atoms with Crippen LogP contribution in [-0.4, -0.2) is 48.3 Å². The summed E-state index contributed by atoms with van der Waals surface area (Å²) >= 11 is 10.3. The standard InChI is InChI=1S/C22H20ClN7O2S3/c1-2-33-22-29-27-20(35-22)25-18(31)13-34-21-28-26-17(30(21)16-10-6-9-15(23)11-16)12-24-19(32)14-7-4-3-5-8-14/h3-11H,2,12-13H2,1H3,(H,24,32)(H,25,27,31). The third kappa shape index (κ3) is 6.82. The van der Waals surface area contributed by atoms with E-state index in [0.29, 0.717) is 26.7 Å². The van der Waals surface area contributed by atoms with Crippen LogP contribution >= 0.6 is 46.5 Å². The molecule has 0 fully saturated rings. The van der Waals surface area contributed by atoms with Crippen molar-refractivity contribution in [3.63, 3.8) is 0 Å². The largest absolute Gasteiger partial charge is 0.345 e. The molecule has 9 nitrogen and oxygen atoms in total. The van der Waals surface area contributed by atoms with Crippen LogP contribution in [0.25, 0.3) is 5.69 Å². The number of halogens is 1. The molecule has 4 rings (SSSR count). The number of hydrogen-bond acceptors (Lipinski definition) is 9. The summed E-state index contributed by atoms with van der Waals surface area (Å²) in [5, 5.41) is 23.6. The van der Waals surface area contributed by atoms with Crippen LogP contribution in [-0.2, 0) is 11.3 Å². The number of carbonyl (C=O) groups excluding carboxylic acids is 2. The zero-order chi connectivity index (χ0) is 24.6. The Balaban J connectivity index is 1.47. The van der Waals surface area contributed by atoms with E-state index in [-0.39, 0.29) is 24.1 Å². The van der Waals surface area contributed by atoms with Gasteiger partial charge in [0.05, 0.1) is 18.0 Å². The Kier molecular flexibility index (Phi) is 8.74. The van der Waals surface area contributed by atoms with E-state index in [9.17, 15) is 9.59 Å². The van der Waals surface area contributed by atoms with Crippen LogP contribution < -0.4 is 10.6 Å². The van der Waals surface area contributed by atoms with Gasteiger partial charge in [-0.05, 0) is 36.1 Å². The van der Waals surface area contributed by atoms with Crippen molar-refractivity contribution < 1.29 is 9.59 Å². The monoisotopic (exact) mass is 545 g/mol. The van der Waals surface area contributed by atoms with E-state index in [1.165, 1.54) is 23.1 Å². The summed E-state index contributed by atoms with van der Waals surface area (Å²) in [5.74, 6) is 1.01. The predicted octanol–water partition coefficient (Wildman–Crippen LogP) is 4.55. The summed E-state index contributed by atoms with van der Waals surface area (Å²) in [4.78, 5) is 25.0. The van der Waals surface area contributed by atoms with Crippen LogP contribution in [0.15, 0.2) is 64.1 Å². The molecule has 2 aromatic carbocycles. The van der Waals surface area contributed by atoms with E-state index in [1.54, 1.807) is 52.7 Å². The zero-order valence-electron chi connectivity index (χ0n) is 18.5. The normalized spacial score (nSPS) is 10.8. The Bertz CT molecular complexity index is 1310. The average molecular weight is 546 g/mol. The minimum absolute atomic E-state index is 0.0882. The Morgan fingerprint density at radius 1 is 1.03 bits per heavy atom. The van der Waals surface area contributed by atoms with Crippen LogP contribution in [0.3, 0.4) is 0 Å². The third-order valence-electron chi connectivity index (χ3n) is 4.46. The fourth-order valence-electron chi connectivity index (χ4n) is 2.96. The summed E-state index contributed by atoms with van der Waals surface area (Å²) < 4.78 is 2.58. The molecular formula is C22H20ClN7O2S3. The maximum atomic E-state index is 12.5. The molecule has 0 spiro atoms. The first-order valence-corrected chi connectivity index (χ1v) is 13.6. The smallest absolute Gasteiger partial charge is 0.251 e. The van der Waals surface area contributed by atoms with Gasteiger partial charge in [-0.1, -0.05) is 77.7 Å². The maximum absolute atomic E-state index is 12.5.